The quantitative estimate of drug-likeness (QED) is 0.791. The van der Waals surface area contributed by atoms with E-state index in [0.29, 0.717) is 23.6 Å². The van der Waals surface area contributed by atoms with E-state index in [4.69, 9.17) is 5.11 Å². The Bertz CT molecular complexity index is 558. The summed E-state index contributed by atoms with van der Waals surface area (Å²) >= 11 is 0. The van der Waals surface area contributed by atoms with Crippen molar-refractivity contribution in [3.63, 3.8) is 0 Å². The molecule has 0 radical (unpaired) electrons. The van der Waals surface area contributed by atoms with E-state index < -0.39 is 10.8 Å². The summed E-state index contributed by atoms with van der Waals surface area (Å²) in [4.78, 5) is 11.9. The lowest BCUT2D eigenvalue weighted by Crippen LogP contribution is -2.28. The molecule has 1 unspecified atom stereocenters. The molecule has 1 rings (SSSR count). The molecule has 20 heavy (non-hydrogen) atoms. The van der Waals surface area contributed by atoms with E-state index in [0.717, 1.165) is 11.1 Å². The third-order valence-corrected chi connectivity index (χ3v) is 4.04. The average Bonchev–Trinajstić information content (AvgIpc) is 2.46. The molecule has 0 saturated heterocycles. The number of rotatable bonds is 5. The number of benzene rings is 1. The second-order valence-corrected chi connectivity index (χ2v) is 6.04. The van der Waals surface area contributed by atoms with Crippen molar-refractivity contribution >= 4 is 16.7 Å². The van der Waals surface area contributed by atoms with Crippen LogP contribution in [0.15, 0.2) is 18.2 Å². The van der Waals surface area contributed by atoms with E-state index >= 15 is 0 Å². The molecule has 0 fully saturated rings. The summed E-state index contributed by atoms with van der Waals surface area (Å²) in [5.74, 6) is 6.24. The number of nitrogens with one attached hydrogen (secondary N) is 1. The van der Waals surface area contributed by atoms with Crippen LogP contribution in [0.4, 0.5) is 0 Å². The second kappa shape index (κ2) is 8.51. The van der Waals surface area contributed by atoms with Gasteiger partial charge in [0.2, 0.25) is 0 Å². The van der Waals surface area contributed by atoms with Crippen molar-refractivity contribution in [1.82, 2.24) is 5.32 Å². The third-order valence-electron chi connectivity index (χ3n) is 2.74. The van der Waals surface area contributed by atoms with Crippen LogP contribution in [0.5, 0.6) is 0 Å². The van der Waals surface area contributed by atoms with Crippen molar-refractivity contribution in [3.05, 3.63) is 34.9 Å². The molecule has 0 spiro atoms. The van der Waals surface area contributed by atoms with E-state index in [1.54, 1.807) is 12.1 Å². The topological polar surface area (TPSA) is 66.4 Å². The zero-order valence-electron chi connectivity index (χ0n) is 11.7. The minimum absolute atomic E-state index is 0.204. The van der Waals surface area contributed by atoms with Gasteiger partial charge >= 0.3 is 0 Å². The largest absolute Gasteiger partial charge is 0.384 e. The summed E-state index contributed by atoms with van der Waals surface area (Å²) in [6, 6.07) is 5.25. The molecule has 0 bridgehead atoms. The van der Waals surface area contributed by atoms with Gasteiger partial charge in [0.15, 0.2) is 0 Å². The first kappa shape index (κ1) is 16.4. The van der Waals surface area contributed by atoms with Gasteiger partial charge in [0, 0.05) is 40.0 Å². The molecule has 4 nitrogen and oxygen atoms in total. The van der Waals surface area contributed by atoms with Crippen LogP contribution < -0.4 is 5.32 Å². The molecule has 0 heterocycles. The highest BCUT2D eigenvalue weighted by Crippen LogP contribution is 2.10. The van der Waals surface area contributed by atoms with Crippen molar-refractivity contribution in [2.45, 2.75) is 13.8 Å². The number of carbonyl (C=O) groups excluding carboxylic acids is 1. The number of aliphatic hydroxyl groups is 1. The zero-order valence-corrected chi connectivity index (χ0v) is 12.5. The van der Waals surface area contributed by atoms with Crippen molar-refractivity contribution in [2.24, 2.45) is 0 Å². The molecule has 108 valence electrons. The third kappa shape index (κ3) is 5.16. The molecule has 1 atom stereocenters. The Kier molecular flexibility index (Phi) is 6.99. The van der Waals surface area contributed by atoms with Crippen molar-refractivity contribution in [3.8, 4) is 11.8 Å². The molecule has 0 aliphatic carbocycles. The van der Waals surface area contributed by atoms with Crippen LogP contribution in [0.2, 0.25) is 0 Å². The van der Waals surface area contributed by atoms with E-state index in [9.17, 15) is 9.00 Å². The highest BCUT2D eigenvalue weighted by Gasteiger charge is 2.07. The lowest BCUT2D eigenvalue weighted by Gasteiger charge is -2.06. The normalized spacial score (nSPS) is 11.3. The molecular formula is C15H19NO3S. The summed E-state index contributed by atoms with van der Waals surface area (Å²) in [6.07, 6.45) is 0. The van der Waals surface area contributed by atoms with E-state index in [1.807, 2.05) is 19.9 Å². The molecule has 0 aromatic heterocycles. The number of aliphatic hydroxyl groups excluding tert-OH is 1. The summed E-state index contributed by atoms with van der Waals surface area (Å²) in [6.45, 7) is 3.93. The van der Waals surface area contributed by atoms with Gasteiger partial charge in [0.1, 0.15) is 6.61 Å². The number of carbonyl (C=O) groups is 1. The average molecular weight is 293 g/mol. The predicted molar refractivity (Wildman–Crippen MR) is 81.0 cm³/mol. The van der Waals surface area contributed by atoms with Gasteiger partial charge in [0.25, 0.3) is 5.91 Å². The van der Waals surface area contributed by atoms with Crippen LogP contribution in [0.25, 0.3) is 0 Å². The maximum absolute atomic E-state index is 11.9. The van der Waals surface area contributed by atoms with E-state index in [1.165, 1.54) is 0 Å². The van der Waals surface area contributed by atoms with Gasteiger partial charge in [-0.3, -0.25) is 9.00 Å². The van der Waals surface area contributed by atoms with Crippen LogP contribution in [0, 0.1) is 18.8 Å². The molecule has 0 aliphatic rings. The summed E-state index contributed by atoms with van der Waals surface area (Å²) in [7, 11) is -0.877. The van der Waals surface area contributed by atoms with Crippen molar-refractivity contribution in [1.29, 1.82) is 0 Å². The van der Waals surface area contributed by atoms with Gasteiger partial charge in [-0.15, -0.1) is 0 Å². The maximum Gasteiger partial charge on any atom is 0.251 e. The van der Waals surface area contributed by atoms with Crippen LogP contribution in [-0.4, -0.2) is 39.9 Å². The number of hydrogen-bond acceptors (Lipinski definition) is 3. The highest BCUT2D eigenvalue weighted by molar-refractivity contribution is 7.84. The number of hydrogen-bond donors (Lipinski definition) is 2. The molecule has 5 heteroatoms. The van der Waals surface area contributed by atoms with Gasteiger partial charge in [-0.05, 0) is 24.6 Å². The molecule has 1 amide bonds. The molecule has 0 saturated carbocycles. The number of amides is 1. The van der Waals surface area contributed by atoms with Gasteiger partial charge in [-0.1, -0.05) is 24.8 Å². The monoisotopic (exact) mass is 293 g/mol. The summed E-state index contributed by atoms with van der Waals surface area (Å²) < 4.78 is 11.3. The molecule has 2 N–H and O–H groups in total. The molecule has 0 aliphatic heterocycles. The highest BCUT2D eigenvalue weighted by atomic mass is 32.2. The minimum Gasteiger partial charge on any atom is -0.384 e. The first-order valence-corrected chi connectivity index (χ1v) is 7.90. The molecule has 1 aromatic rings. The lowest BCUT2D eigenvalue weighted by molar-refractivity contribution is 0.0956. The van der Waals surface area contributed by atoms with Crippen LogP contribution >= 0.6 is 0 Å². The Balaban J connectivity index is 2.71. The maximum atomic E-state index is 11.9. The molecule has 1 aromatic carbocycles. The fourth-order valence-electron chi connectivity index (χ4n) is 1.56. The first-order chi connectivity index (χ1) is 9.58. The SMILES string of the molecule is CCS(=O)CCNC(=O)c1ccc(C)c(C#CCO)c1. The fraction of sp³-hybridized carbons (Fsp3) is 0.400. The van der Waals surface area contributed by atoms with Crippen molar-refractivity contribution < 1.29 is 14.1 Å². The van der Waals surface area contributed by atoms with E-state index in [2.05, 4.69) is 17.2 Å². The van der Waals surface area contributed by atoms with Crippen molar-refractivity contribution in [2.75, 3.05) is 24.7 Å². The molecular weight excluding hydrogens is 274 g/mol. The predicted octanol–water partition coefficient (Wildman–Crippen LogP) is 0.837. The van der Waals surface area contributed by atoms with Crippen LogP contribution in [0.3, 0.4) is 0 Å². The van der Waals surface area contributed by atoms with E-state index in [-0.39, 0.29) is 12.5 Å². The number of aryl methyl sites for hydroxylation is 1. The standard InChI is InChI=1S/C15H19NO3S/c1-3-20(19)10-8-16-15(18)14-7-6-12(2)13(11-14)5-4-9-17/h6-7,11,17H,3,8-10H2,1-2H3,(H,16,18). The Morgan fingerprint density at radius 3 is 2.85 bits per heavy atom. The Hall–Kier alpha value is -1.64. The summed E-state index contributed by atoms with van der Waals surface area (Å²) in [5, 5.41) is 11.4. The smallest absolute Gasteiger partial charge is 0.251 e. The Labute approximate surface area is 122 Å². The fourth-order valence-corrected chi connectivity index (χ4v) is 2.18. The van der Waals surface area contributed by atoms with Crippen LogP contribution in [0.1, 0.15) is 28.4 Å². The first-order valence-electron chi connectivity index (χ1n) is 6.42. The van der Waals surface area contributed by atoms with Gasteiger partial charge in [-0.25, -0.2) is 0 Å². The van der Waals surface area contributed by atoms with Crippen LogP contribution in [-0.2, 0) is 10.8 Å². The van der Waals surface area contributed by atoms with Gasteiger partial charge in [0.05, 0.1) is 0 Å². The zero-order chi connectivity index (χ0) is 15.0. The second-order valence-electron chi connectivity index (χ2n) is 4.18. The Morgan fingerprint density at radius 2 is 2.20 bits per heavy atom. The minimum atomic E-state index is -0.877. The summed E-state index contributed by atoms with van der Waals surface area (Å²) in [5.41, 5.74) is 2.19. The Morgan fingerprint density at radius 1 is 1.45 bits per heavy atom. The van der Waals surface area contributed by atoms with Gasteiger partial charge < -0.3 is 10.4 Å². The van der Waals surface area contributed by atoms with Gasteiger partial charge in [-0.2, -0.15) is 0 Å². The lowest BCUT2D eigenvalue weighted by atomic mass is 10.0.